The van der Waals surface area contributed by atoms with Crippen molar-refractivity contribution in [2.24, 2.45) is 0 Å². The van der Waals surface area contributed by atoms with Crippen molar-refractivity contribution in [1.29, 1.82) is 5.26 Å². The Morgan fingerprint density at radius 3 is 2.50 bits per heavy atom. The number of halogens is 3. The van der Waals surface area contributed by atoms with E-state index in [2.05, 4.69) is 25.9 Å². The van der Waals surface area contributed by atoms with Crippen molar-refractivity contribution in [3.8, 4) is 17.6 Å². The lowest BCUT2D eigenvalue weighted by atomic mass is 10.1. The summed E-state index contributed by atoms with van der Waals surface area (Å²) >= 11 is 0. The molecule has 0 amide bonds. The number of rotatable bonds is 5. The van der Waals surface area contributed by atoms with Crippen LogP contribution in [0.25, 0.3) is 5.57 Å². The molecule has 0 spiro atoms. The molecule has 0 saturated heterocycles. The molecule has 1 aromatic carbocycles. The second-order valence-electron chi connectivity index (χ2n) is 4.30. The van der Waals surface area contributed by atoms with Gasteiger partial charge in [0.25, 0.3) is 0 Å². The van der Waals surface area contributed by atoms with Crippen LogP contribution in [0.5, 0.6) is 11.5 Å². The Labute approximate surface area is 133 Å². The topological polar surface area (TPSA) is 109 Å². The summed E-state index contributed by atoms with van der Waals surface area (Å²) in [5.41, 5.74) is -1.03. The summed E-state index contributed by atoms with van der Waals surface area (Å²) in [5, 5.41) is 24.3. The number of H-pyrrole nitrogens is 1. The first-order chi connectivity index (χ1) is 11.4. The lowest BCUT2D eigenvalue weighted by Crippen LogP contribution is -2.09. The minimum Gasteiger partial charge on any atom is -0.496 e. The van der Waals surface area contributed by atoms with Gasteiger partial charge >= 0.3 is 6.18 Å². The number of anilines is 1. The molecule has 0 aliphatic rings. The van der Waals surface area contributed by atoms with Crippen LogP contribution >= 0.6 is 0 Å². The molecule has 0 atom stereocenters. The van der Waals surface area contributed by atoms with Crippen LogP contribution in [0.1, 0.15) is 11.4 Å². The molecule has 8 nitrogen and oxygen atoms in total. The van der Waals surface area contributed by atoms with Gasteiger partial charge in [0.15, 0.2) is 0 Å². The molecule has 0 fully saturated rings. The molecule has 0 unspecified atom stereocenters. The number of nitriles is 1. The molecule has 0 aliphatic carbocycles. The fraction of sp³-hybridized carbons (Fsp3) is 0.231. The Balaban J connectivity index is 2.44. The van der Waals surface area contributed by atoms with Gasteiger partial charge in [-0.3, -0.25) is 0 Å². The Morgan fingerprint density at radius 2 is 2.00 bits per heavy atom. The van der Waals surface area contributed by atoms with Crippen molar-refractivity contribution < 1.29 is 22.6 Å². The summed E-state index contributed by atoms with van der Waals surface area (Å²) in [6.07, 6.45) is -3.47. The van der Waals surface area contributed by atoms with Gasteiger partial charge in [0.05, 0.1) is 25.5 Å². The summed E-state index contributed by atoms with van der Waals surface area (Å²) < 4.78 is 49.1. The Morgan fingerprint density at radius 1 is 1.29 bits per heavy atom. The number of aromatic amines is 1. The monoisotopic (exact) mass is 340 g/mol. The number of aromatic nitrogens is 4. The van der Waals surface area contributed by atoms with Gasteiger partial charge in [-0.2, -0.15) is 23.6 Å². The zero-order valence-electron chi connectivity index (χ0n) is 12.5. The van der Waals surface area contributed by atoms with Crippen molar-refractivity contribution in [3.63, 3.8) is 0 Å². The minimum absolute atomic E-state index is 0.00600. The van der Waals surface area contributed by atoms with Gasteiger partial charge in [0.1, 0.15) is 23.1 Å². The molecule has 0 radical (unpaired) electrons. The molecule has 0 bridgehead atoms. The summed E-state index contributed by atoms with van der Waals surface area (Å²) in [4.78, 5) is 0. The highest BCUT2D eigenvalue weighted by atomic mass is 19.4. The third-order valence-electron chi connectivity index (χ3n) is 2.91. The quantitative estimate of drug-likeness (QED) is 0.803. The Hall–Kier alpha value is -3.29. The number of tetrazole rings is 1. The normalized spacial score (nSPS) is 11.8. The molecule has 2 aromatic rings. The van der Waals surface area contributed by atoms with Gasteiger partial charge in [-0.1, -0.05) is 0 Å². The zero-order chi connectivity index (χ0) is 17.7. The second-order valence-corrected chi connectivity index (χ2v) is 4.30. The fourth-order valence-electron chi connectivity index (χ4n) is 1.81. The summed E-state index contributed by atoms with van der Waals surface area (Å²) in [6.45, 7) is 0. The number of ether oxygens (including phenoxy) is 2. The van der Waals surface area contributed by atoms with E-state index in [1.807, 2.05) is 0 Å². The predicted molar refractivity (Wildman–Crippen MR) is 75.9 cm³/mol. The molecule has 2 rings (SSSR count). The molecule has 1 heterocycles. The van der Waals surface area contributed by atoms with Crippen molar-refractivity contribution in [2.45, 2.75) is 6.18 Å². The van der Waals surface area contributed by atoms with Crippen LogP contribution in [0, 0.1) is 11.3 Å². The van der Waals surface area contributed by atoms with Crippen molar-refractivity contribution in [2.75, 3.05) is 19.5 Å². The van der Waals surface area contributed by atoms with Crippen molar-refractivity contribution in [3.05, 3.63) is 29.7 Å². The second kappa shape index (κ2) is 6.86. The van der Waals surface area contributed by atoms with Crippen LogP contribution < -0.4 is 14.8 Å². The van der Waals surface area contributed by atoms with Crippen LogP contribution in [0.4, 0.5) is 18.9 Å². The van der Waals surface area contributed by atoms with Crippen molar-refractivity contribution in [1.82, 2.24) is 20.6 Å². The number of nitrogens with zero attached hydrogens (tertiary/aromatic N) is 4. The molecule has 0 aliphatic heterocycles. The van der Waals surface area contributed by atoms with E-state index >= 15 is 0 Å². The van der Waals surface area contributed by atoms with E-state index < -0.39 is 11.7 Å². The zero-order valence-corrected chi connectivity index (χ0v) is 12.5. The van der Waals surface area contributed by atoms with Crippen molar-refractivity contribution >= 4 is 11.3 Å². The maximum Gasteiger partial charge on any atom is 0.420 e. The number of methoxy groups -OCH3 is 2. The van der Waals surface area contributed by atoms with E-state index in [-0.39, 0.29) is 28.6 Å². The van der Waals surface area contributed by atoms with Crippen LogP contribution in [0.3, 0.4) is 0 Å². The molecular formula is C13H11F3N6O2. The van der Waals surface area contributed by atoms with E-state index in [4.69, 9.17) is 14.7 Å². The summed E-state index contributed by atoms with van der Waals surface area (Å²) in [7, 11) is 2.42. The van der Waals surface area contributed by atoms with Gasteiger partial charge in [-0.25, -0.2) is 0 Å². The summed E-state index contributed by atoms with van der Waals surface area (Å²) in [6, 6.07) is 3.72. The number of alkyl halides is 3. The van der Waals surface area contributed by atoms with E-state index in [0.29, 0.717) is 0 Å². The molecular weight excluding hydrogens is 329 g/mol. The SMILES string of the molecule is COc1cc(OC)c(C(F)(F)F)cc1NC=C(C#N)c1nn[nH]n1. The molecule has 0 saturated carbocycles. The first kappa shape index (κ1) is 17.1. The fourth-order valence-corrected chi connectivity index (χ4v) is 1.81. The van der Waals surface area contributed by atoms with Crippen LogP contribution in [-0.2, 0) is 6.18 Å². The molecule has 11 heteroatoms. The van der Waals surface area contributed by atoms with Crippen LogP contribution in [0.15, 0.2) is 18.3 Å². The molecule has 2 N–H and O–H groups in total. The van der Waals surface area contributed by atoms with Crippen LogP contribution in [0.2, 0.25) is 0 Å². The van der Waals surface area contributed by atoms with Gasteiger partial charge in [0, 0.05) is 12.3 Å². The van der Waals surface area contributed by atoms with E-state index in [0.717, 1.165) is 25.4 Å². The maximum atomic E-state index is 13.1. The predicted octanol–water partition coefficient (Wildman–Crippen LogP) is 2.21. The third-order valence-corrected chi connectivity index (χ3v) is 2.91. The number of hydrogen-bond acceptors (Lipinski definition) is 7. The minimum atomic E-state index is -4.62. The lowest BCUT2D eigenvalue weighted by molar-refractivity contribution is -0.138. The first-order valence-corrected chi connectivity index (χ1v) is 6.34. The van der Waals surface area contributed by atoms with Gasteiger partial charge in [-0.05, 0) is 11.3 Å². The maximum absolute atomic E-state index is 13.1. The molecule has 24 heavy (non-hydrogen) atoms. The van der Waals surface area contributed by atoms with E-state index in [1.54, 1.807) is 6.07 Å². The Bertz CT molecular complexity index is 780. The van der Waals surface area contributed by atoms with E-state index in [9.17, 15) is 13.2 Å². The van der Waals surface area contributed by atoms with Gasteiger partial charge in [-0.15, -0.1) is 10.2 Å². The number of benzene rings is 1. The third kappa shape index (κ3) is 3.54. The van der Waals surface area contributed by atoms with Gasteiger partial charge < -0.3 is 14.8 Å². The highest BCUT2D eigenvalue weighted by Gasteiger charge is 2.35. The molecule has 126 valence electrons. The number of allylic oxidation sites excluding steroid dienone is 1. The average Bonchev–Trinajstić information content (AvgIpc) is 3.08. The van der Waals surface area contributed by atoms with Crippen LogP contribution in [-0.4, -0.2) is 34.8 Å². The lowest BCUT2D eigenvalue weighted by Gasteiger charge is -2.16. The standard InChI is InChI=1S/C13H11F3N6O2/c1-23-10-4-11(24-2)9(3-8(10)13(14,15)16)18-6-7(5-17)12-19-21-22-20-12/h3-4,6,18H,1-2H3,(H,19,20,21,22). The van der Waals surface area contributed by atoms with E-state index in [1.165, 1.54) is 7.11 Å². The molecule has 1 aromatic heterocycles. The smallest absolute Gasteiger partial charge is 0.420 e. The average molecular weight is 340 g/mol. The number of nitrogens with one attached hydrogen (secondary N) is 2. The first-order valence-electron chi connectivity index (χ1n) is 6.34. The highest BCUT2D eigenvalue weighted by molar-refractivity contribution is 5.75. The number of hydrogen-bond donors (Lipinski definition) is 2. The highest BCUT2D eigenvalue weighted by Crippen LogP contribution is 2.41. The Kier molecular flexibility index (Phi) is 4.88. The summed E-state index contributed by atoms with van der Waals surface area (Å²) in [5.74, 6) is -0.289. The largest absolute Gasteiger partial charge is 0.496 e. The van der Waals surface area contributed by atoms with Gasteiger partial charge in [0.2, 0.25) is 5.82 Å².